The van der Waals surface area contributed by atoms with Gasteiger partial charge in [-0.1, -0.05) is 6.42 Å². The smallest absolute Gasteiger partial charge is 0.250 e. The normalized spacial score (nSPS) is 24.4. The van der Waals surface area contributed by atoms with Crippen LogP contribution in [0.4, 0.5) is 5.69 Å². The number of carbonyl (C=O) groups excluding carboxylic acids is 1. The van der Waals surface area contributed by atoms with Gasteiger partial charge in [-0.05, 0) is 69.7 Å². The van der Waals surface area contributed by atoms with Crippen LogP contribution in [0.1, 0.15) is 46.0 Å². The molecule has 2 fully saturated rings. The van der Waals surface area contributed by atoms with Crippen molar-refractivity contribution in [3.05, 3.63) is 24.3 Å². The number of anilines is 1. The lowest BCUT2D eigenvalue weighted by Gasteiger charge is -2.37. The van der Waals surface area contributed by atoms with Gasteiger partial charge in [0.1, 0.15) is 6.61 Å². The predicted molar refractivity (Wildman–Crippen MR) is 100 cm³/mol. The van der Waals surface area contributed by atoms with E-state index in [0.29, 0.717) is 18.2 Å². The molecule has 0 aromatic heterocycles. The minimum Gasteiger partial charge on any atom is -0.371 e. The quantitative estimate of drug-likeness (QED) is 0.789. The number of amides is 1. The van der Waals surface area contributed by atoms with E-state index in [1.807, 2.05) is 13.8 Å². The Hall–Kier alpha value is -1.44. The number of piperidine rings is 1. The molecule has 1 aromatic carbocycles. The Morgan fingerprint density at radius 2 is 1.73 bits per heavy atom. The minimum atomic E-state index is -3.53. The van der Waals surface area contributed by atoms with E-state index in [2.05, 4.69) is 5.32 Å². The SMILES string of the molecule is CC1CCCC(C)N1S(=O)(=O)c1ccc(NC(=O)COCC2CC2)cc1. The van der Waals surface area contributed by atoms with Gasteiger partial charge in [-0.3, -0.25) is 4.79 Å². The average Bonchev–Trinajstić information content (AvgIpc) is 3.39. The van der Waals surface area contributed by atoms with Crippen LogP contribution in [0.3, 0.4) is 0 Å². The summed E-state index contributed by atoms with van der Waals surface area (Å²) < 4.78 is 32.9. The molecule has 1 N–H and O–H groups in total. The summed E-state index contributed by atoms with van der Waals surface area (Å²) in [6.45, 7) is 4.59. The van der Waals surface area contributed by atoms with Gasteiger partial charge in [0.2, 0.25) is 15.9 Å². The van der Waals surface area contributed by atoms with Crippen LogP contribution in [-0.4, -0.2) is 43.9 Å². The number of ether oxygens (including phenoxy) is 1. The summed E-state index contributed by atoms with van der Waals surface area (Å²) in [5.74, 6) is 0.395. The molecular formula is C19H28N2O4S. The molecule has 144 valence electrons. The molecule has 2 unspecified atom stereocenters. The van der Waals surface area contributed by atoms with Gasteiger partial charge in [-0.2, -0.15) is 4.31 Å². The van der Waals surface area contributed by atoms with Crippen molar-refractivity contribution in [2.75, 3.05) is 18.5 Å². The zero-order valence-corrected chi connectivity index (χ0v) is 16.3. The molecule has 0 radical (unpaired) electrons. The van der Waals surface area contributed by atoms with Gasteiger partial charge in [0, 0.05) is 17.8 Å². The second-order valence-corrected chi connectivity index (χ2v) is 9.34. The van der Waals surface area contributed by atoms with E-state index < -0.39 is 10.0 Å². The summed E-state index contributed by atoms with van der Waals surface area (Å²) in [5.41, 5.74) is 0.573. The molecular weight excluding hydrogens is 352 g/mol. The van der Waals surface area contributed by atoms with Crippen molar-refractivity contribution in [2.24, 2.45) is 5.92 Å². The third-order valence-corrected chi connectivity index (χ3v) is 7.25. The first kappa shape index (κ1) is 19.3. The maximum absolute atomic E-state index is 13.0. The third kappa shape index (κ3) is 4.64. The molecule has 1 saturated carbocycles. The lowest BCUT2D eigenvalue weighted by Crippen LogP contribution is -2.47. The van der Waals surface area contributed by atoms with Gasteiger partial charge in [0.05, 0.1) is 11.5 Å². The van der Waals surface area contributed by atoms with Crippen LogP contribution in [0.5, 0.6) is 0 Å². The first-order valence-corrected chi connectivity index (χ1v) is 10.8. The molecule has 2 atom stereocenters. The second kappa shape index (κ2) is 8.06. The van der Waals surface area contributed by atoms with Crippen molar-refractivity contribution in [1.82, 2.24) is 4.31 Å². The molecule has 1 heterocycles. The van der Waals surface area contributed by atoms with Crippen molar-refractivity contribution < 1.29 is 17.9 Å². The number of hydrogen-bond acceptors (Lipinski definition) is 4. The topological polar surface area (TPSA) is 75.7 Å². The van der Waals surface area contributed by atoms with E-state index in [1.165, 1.54) is 12.8 Å². The lowest BCUT2D eigenvalue weighted by atomic mass is 10.0. The van der Waals surface area contributed by atoms with Crippen LogP contribution in [-0.2, 0) is 19.6 Å². The highest BCUT2D eigenvalue weighted by molar-refractivity contribution is 7.89. The van der Waals surface area contributed by atoms with Gasteiger partial charge >= 0.3 is 0 Å². The maximum atomic E-state index is 13.0. The fraction of sp³-hybridized carbons (Fsp3) is 0.632. The second-order valence-electron chi connectivity index (χ2n) is 7.49. The highest BCUT2D eigenvalue weighted by Crippen LogP contribution is 2.30. The molecule has 1 aliphatic carbocycles. The van der Waals surface area contributed by atoms with Gasteiger partial charge in [0.15, 0.2) is 0 Å². The van der Waals surface area contributed by atoms with Gasteiger partial charge in [-0.15, -0.1) is 0 Å². The summed E-state index contributed by atoms with van der Waals surface area (Å²) in [6, 6.07) is 6.39. The maximum Gasteiger partial charge on any atom is 0.250 e. The van der Waals surface area contributed by atoms with Crippen molar-refractivity contribution in [1.29, 1.82) is 0 Å². The first-order valence-electron chi connectivity index (χ1n) is 9.39. The molecule has 1 saturated heterocycles. The van der Waals surface area contributed by atoms with E-state index in [1.54, 1.807) is 28.6 Å². The average molecular weight is 381 g/mol. The summed E-state index contributed by atoms with van der Waals surface area (Å²) in [6.07, 6.45) is 5.21. The Bertz CT molecular complexity index is 718. The van der Waals surface area contributed by atoms with E-state index in [4.69, 9.17) is 4.74 Å². The Kier molecular flexibility index (Phi) is 5.99. The summed E-state index contributed by atoms with van der Waals surface area (Å²) in [4.78, 5) is 12.1. The highest BCUT2D eigenvalue weighted by Gasteiger charge is 2.35. The largest absolute Gasteiger partial charge is 0.371 e. The van der Waals surface area contributed by atoms with E-state index >= 15 is 0 Å². The zero-order chi connectivity index (χ0) is 18.7. The molecule has 3 rings (SSSR count). The third-order valence-electron chi connectivity index (χ3n) is 5.11. The molecule has 1 aliphatic heterocycles. The number of sulfonamides is 1. The molecule has 1 amide bonds. The molecule has 0 spiro atoms. The van der Waals surface area contributed by atoms with Crippen LogP contribution >= 0.6 is 0 Å². The Labute approximate surface area is 156 Å². The number of hydrogen-bond donors (Lipinski definition) is 1. The minimum absolute atomic E-state index is 0.00625. The van der Waals surface area contributed by atoms with Gasteiger partial charge < -0.3 is 10.1 Å². The molecule has 7 heteroatoms. The van der Waals surface area contributed by atoms with Crippen molar-refractivity contribution in [3.63, 3.8) is 0 Å². The van der Waals surface area contributed by atoms with Crippen LogP contribution in [0, 0.1) is 5.92 Å². The molecule has 0 bridgehead atoms. The van der Waals surface area contributed by atoms with Gasteiger partial charge in [-0.25, -0.2) is 8.42 Å². The van der Waals surface area contributed by atoms with Crippen LogP contribution < -0.4 is 5.32 Å². The van der Waals surface area contributed by atoms with E-state index in [9.17, 15) is 13.2 Å². The fourth-order valence-electron chi connectivity index (χ4n) is 3.50. The van der Waals surface area contributed by atoms with E-state index in [-0.39, 0.29) is 29.5 Å². The monoisotopic (exact) mass is 380 g/mol. The van der Waals surface area contributed by atoms with Crippen LogP contribution in [0.2, 0.25) is 0 Å². The summed E-state index contributed by atoms with van der Waals surface area (Å²) in [7, 11) is -3.53. The van der Waals surface area contributed by atoms with Crippen LogP contribution in [0.15, 0.2) is 29.2 Å². The molecule has 1 aromatic rings. The summed E-state index contributed by atoms with van der Waals surface area (Å²) in [5, 5.41) is 2.74. The Morgan fingerprint density at radius 3 is 2.31 bits per heavy atom. The van der Waals surface area contributed by atoms with E-state index in [0.717, 1.165) is 19.3 Å². The number of benzene rings is 1. The molecule has 2 aliphatic rings. The first-order chi connectivity index (χ1) is 12.4. The fourth-order valence-corrected chi connectivity index (χ4v) is 5.39. The highest BCUT2D eigenvalue weighted by atomic mass is 32.2. The zero-order valence-electron chi connectivity index (χ0n) is 15.5. The van der Waals surface area contributed by atoms with Crippen molar-refractivity contribution in [3.8, 4) is 0 Å². The van der Waals surface area contributed by atoms with Crippen molar-refractivity contribution >= 4 is 21.6 Å². The number of nitrogens with zero attached hydrogens (tertiary/aromatic N) is 1. The lowest BCUT2D eigenvalue weighted by molar-refractivity contribution is -0.120. The number of nitrogens with one attached hydrogen (secondary N) is 1. The Morgan fingerprint density at radius 1 is 1.12 bits per heavy atom. The number of carbonyl (C=O) groups is 1. The van der Waals surface area contributed by atoms with Gasteiger partial charge in [0.25, 0.3) is 0 Å². The van der Waals surface area contributed by atoms with Crippen molar-refractivity contribution in [2.45, 2.75) is 62.9 Å². The standard InChI is InChI=1S/C19H28N2O4S/c1-14-4-3-5-15(2)21(14)26(23,24)18-10-8-17(9-11-18)20-19(22)13-25-12-16-6-7-16/h8-11,14-16H,3-7,12-13H2,1-2H3,(H,20,22). The molecule has 26 heavy (non-hydrogen) atoms. The molecule has 6 nitrogen and oxygen atoms in total. The van der Waals surface area contributed by atoms with Crippen LogP contribution in [0.25, 0.3) is 0 Å². The summed E-state index contributed by atoms with van der Waals surface area (Å²) >= 11 is 0. The predicted octanol–water partition coefficient (Wildman–Crippen LogP) is 3.00. The Balaban J connectivity index is 1.61. The number of rotatable bonds is 7.